The van der Waals surface area contributed by atoms with Gasteiger partial charge in [0.25, 0.3) is 5.91 Å². The van der Waals surface area contributed by atoms with Crippen molar-refractivity contribution in [2.75, 3.05) is 38.4 Å². The van der Waals surface area contributed by atoms with Crippen molar-refractivity contribution in [3.8, 4) is 23.3 Å². The Kier molecular flexibility index (Phi) is 10.7. The van der Waals surface area contributed by atoms with Gasteiger partial charge in [0, 0.05) is 12.2 Å². The van der Waals surface area contributed by atoms with Gasteiger partial charge in [-0.3, -0.25) is 4.79 Å². The average Bonchev–Trinajstić information content (AvgIpc) is 2.83. The zero-order chi connectivity index (χ0) is 24.9. The van der Waals surface area contributed by atoms with Gasteiger partial charge in [0.15, 0.2) is 18.1 Å². The van der Waals surface area contributed by atoms with E-state index in [1.54, 1.807) is 36.4 Å². The van der Waals surface area contributed by atoms with Gasteiger partial charge in [-0.15, -0.1) is 0 Å². The van der Waals surface area contributed by atoms with E-state index >= 15 is 0 Å². The summed E-state index contributed by atoms with van der Waals surface area (Å²) in [5, 5.41) is 8.96. The first kappa shape index (κ1) is 26.5. The summed E-state index contributed by atoms with van der Waals surface area (Å²) in [6.07, 6.45) is 1.04. The maximum Gasteiger partial charge on any atom is 0.338 e. The minimum Gasteiger partial charge on any atom is -0.494 e. The number of nitrogens with zero attached hydrogens (tertiary/aromatic N) is 2. The van der Waals surface area contributed by atoms with E-state index in [9.17, 15) is 9.59 Å². The van der Waals surface area contributed by atoms with Crippen LogP contribution in [-0.2, 0) is 9.53 Å². The molecule has 0 spiro atoms. The summed E-state index contributed by atoms with van der Waals surface area (Å²) in [6, 6.07) is 13.7. The van der Waals surface area contributed by atoms with Crippen molar-refractivity contribution in [1.82, 2.24) is 0 Å². The molecule has 0 unspecified atom stereocenters. The normalized spacial score (nSPS) is 10.4. The van der Waals surface area contributed by atoms with Crippen molar-refractivity contribution >= 4 is 17.6 Å². The summed E-state index contributed by atoms with van der Waals surface area (Å²) in [5.41, 5.74) is 0.829. The Hall–Kier alpha value is -3.73. The lowest BCUT2D eigenvalue weighted by Crippen LogP contribution is -2.35. The van der Waals surface area contributed by atoms with E-state index in [0.29, 0.717) is 42.1 Å². The number of amides is 1. The number of hydrogen-bond acceptors (Lipinski definition) is 7. The molecule has 0 aliphatic rings. The maximum atomic E-state index is 12.8. The molecular formula is C26H32N2O6. The van der Waals surface area contributed by atoms with Crippen LogP contribution in [0.15, 0.2) is 42.5 Å². The zero-order valence-corrected chi connectivity index (χ0v) is 20.2. The number of hydrogen-bond donors (Lipinski definition) is 0. The Labute approximate surface area is 201 Å². The van der Waals surface area contributed by atoms with E-state index in [1.165, 1.54) is 18.1 Å². The molecule has 8 nitrogen and oxygen atoms in total. The van der Waals surface area contributed by atoms with Crippen LogP contribution in [0.1, 0.15) is 44.0 Å². The van der Waals surface area contributed by atoms with Gasteiger partial charge in [0.2, 0.25) is 0 Å². The highest BCUT2D eigenvalue weighted by Gasteiger charge is 2.19. The molecule has 0 aromatic heterocycles. The highest BCUT2D eigenvalue weighted by molar-refractivity contribution is 5.97. The molecule has 0 bridgehead atoms. The molecule has 0 radical (unpaired) electrons. The SMILES string of the molecule is CCOc1ccc(N(CCC#N)C(=O)COC(=O)c2ccc(OCCC(C)C)c(OC)c2)cc1. The van der Waals surface area contributed by atoms with E-state index in [0.717, 1.165) is 6.42 Å². The van der Waals surface area contributed by atoms with E-state index in [1.807, 2.05) is 13.0 Å². The molecule has 0 heterocycles. The smallest absolute Gasteiger partial charge is 0.338 e. The second-order valence-electron chi connectivity index (χ2n) is 7.85. The highest BCUT2D eigenvalue weighted by Crippen LogP contribution is 2.29. The van der Waals surface area contributed by atoms with Crippen LogP contribution in [0.3, 0.4) is 0 Å². The minimum atomic E-state index is -0.660. The van der Waals surface area contributed by atoms with Crippen molar-refractivity contribution in [1.29, 1.82) is 5.26 Å². The molecular weight excluding hydrogens is 436 g/mol. The van der Waals surface area contributed by atoms with Crippen molar-refractivity contribution in [3.63, 3.8) is 0 Å². The quantitative estimate of drug-likeness (QED) is 0.396. The third kappa shape index (κ3) is 8.00. The summed E-state index contributed by atoms with van der Waals surface area (Å²) < 4.78 is 21.8. The van der Waals surface area contributed by atoms with Crippen LogP contribution < -0.4 is 19.1 Å². The van der Waals surface area contributed by atoms with Crippen LogP contribution in [0.2, 0.25) is 0 Å². The monoisotopic (exact) mass is 468 g/mol. The molecule has 0 aliphatic carbocycles. The average molecular weight is 469 g/mol. The number of benzene rings is 2. The lowest BCUT2D eigenvalue weighted by Gasteiger charge is -2.22. The largest absolute Gasteiger partial charge is 0.494 e. The number of anilines is 1. The van der Waals surface area contributed by atoms with Gasteiger partial charge in [-0.05, 0) is 61.7 Å². The summed E-state index contributed by atoms with van der Waals surface area (Å²) in [7, 11) is 1.49. The van der Waals surface area contributed by atoms with Crippen LogP contribution in [-0.4, -0.2) is 45.4 Å². The standard InChI is InChI=1S/C26H32N2O6/c1-5-32-22-10-8-21(9-11-22)28(15-6-14-27)25(29)18-34-26(30)20-7-12-23(24(17-20)31-4)33-16-13-19(2)3/h7-12,17,19H,5-6,13,15-16,18H2,1-4H3. The predicted octanol–water partition coefficient (Wildman–Crippen LogP) is 4.62. The van der Waals surface area contributed by atoms with Crippen molar-refractivity contribution < 1.29 is 28.5 Å². The molecule has 2 aromatic carbocycles. The first-order chi connectivity index (χ1) is 16.4. The van der Waals surface area contributed by atoms with Gasteiger partial charge in [0.05, 0.1) is 38.4 Å². The molecule has 0 aliphatic heterocycles. The molecule has 182 valence electrons. The molecule has 0 saturated carbocycles. The van der Waals surface area contributed by atoms with Crippen molar-refractivity contribution in [2.45, 2.75) is 33.6 Å². The predicted molar refractivity (Wildman–Crippen MR) is 128 cm³/mol. The van der Waals surface area contributed by atoms with Gasteiger partial charge in [0.1, 0.15) is 5.75 Å². The topological polar surface area (TPSA) is 98.1 Å². The van der Waals surface area contributed by atoms with Crippen LogP contribution in [0.5, 0.6) is 17.2 Å². The number of esters is 1. The number of carbonyl (C=O) groups excluding carboxylic acids is 2. The molecule has 1 amide bonds. The fourth-order valence-electron chi connectivity index (χ4n) is 3.06. The van der Waals surface area contributed by atoms with Crippen molar-refractivity contribution in [3.05, 3.63) is 48.0 Å². The number of rotatable bonds is 13. The lowest BCUT2D eigenvalue weighted by atomic mass is 10.1. The number of carbonyl (C=O) groups is 2. The summed E-state index contributed by atoms with van der Waals surface area (Å²) in [5.74, 6) is 1.04. The van der Waals surface area contributed by atoms with Crippen LogP contribution >= 0.6 is 0 Å². The molecule has 0 atom stereocenters. The minimum absolute atomic E-state index is 0.141. The van der Waals surface area contributed by atoms with E-state index in [2.05, 4.69) is 13.8 Å². The molecule has 2 rings (SSSR count). The first-order valence-electron chi connectivity index (χ1n) is 11.3. The lowest BCUT2D eigenvalue weighted by molar-refractivity contribution is -0.121. The molecule has 8 heteroatoms. The summed E-state index contributed by atoms with van der Waals surface area (Å²) in [4.78, 5) is 26.8. The third-order valence-corrected chi connectivity index (χ3v) is 4.89. The molecule has 0 N–H and O–H groups in total. The number of nitriles is 1. The zero-order valence-electron chi connectivity index (χ0n) is 20.2. The van der Waals surface area contributed by atoms with Crippen LogP contribution in [0.4, 0.5) is 5.69 Å². The fraction of sp³-hybridized carbons (Fsp3) is 0.423. The second kappa shape index (κ2) is 13.7. The number of ether oxygens (including phenoxy) is 4. The Morgan fingerprint density at radius 3 is 2.41 bits per heavy atom. The van der Waals surface area contributed by atoms with Gasteiger partial charge in [-0.2, -0.15) is 5.26 Å². The Balaban J connectivity index is 2.04. The van der Waals surface area contributed by atoms with E-state index in [-0.39, 0.29) is 18.5 Å². The summed E-state index contributed by atoms with van der Waals surface area (Å²) in [6.45, 7) is 6.88. The van der Waals surface area contributed by atoms with E-state index in [4.69, 9.17) is 24.2 Å². The van der Waals surface area contributed by atoms with Gasteiger partial charge >= 0.3 is 5.97 Å². The van der Waals surface area contributed by atoms with Crippen LogP contribution in [0, 0.1) is 17.2 Å². The third-order valence-electron chi connectivity index (χ3n) is 4.89. The highest BCUT2D eigenvalue weighted by atomic mass is 16.5. The van der Waals surface area contributed by atoms with E-state index < -0.39 is 18.5 Å². The van der Waals surface area contributed by atoms with Gasteiger partial charge < -0.3 is 23.8 Å². The maximum absolute atomic E-state index is 12.8. The van der Waals surface area contributed by atoms with Crippen molar-refractivity contribution in [2.24, 2.45) is 5.92 Å². The molecule has 0 saturated heterocycles. The van der Waals surface area contributed by atoms with Crippen LogP contribution in [0.25, 0.3) is 0 Å². The Morgan fingerprint density at radius 1 is 1.06 bits per heavy atom. The van der Waals surface area contributed by atoms with Gasteiger partial charge in [-0.25, -0.2) is 4.79 Å². The molecule has 34 heavy (non-hydrogen) atoms. The Bertz CT molecular complexity index is 982. The molecule has 0 fully saturated rings. The number of methoxy groups -OCH3 is 1. The van der Waals surface area contributed by atoms with Gasteiger partial charge in [-0.1, -0.05) is 13.8 Å². The second-order valence-corrected chi connectivity index (χ2v) is 7.85. The Morgan fingerprint density at radius 2 is 1.79 bits per heavy atom. The molecule has 2 aromatic rings. The fourth-order valence-corrected chi connectivity index (χ4v) is 3.06. The summed E-state index contributed by atoms with van der Waals surface area (Å²) >= 11 is 0. The first-order valence-corrected chi connectivity index (χ1v) is 11.3.